The van der Waals surface area contributed by atoms with E-state index < -0.39 is 6.09 Å². The summed E-state index contributed by atoms with van der Waals surface area (Å²) < 4.78 is 4.40. The van der Waals surface area contributed by atoms with Gasteiger partial charge in [0.2, 0.25) is 5.91 Å². The molecule has 0 bridgehead atoms. The number of unbranched alkanes of at least 4 members (excludes halogenated alkanes) is 1. The molecule has 0 aliphatic heterocycles. The third kappa shape index (κ3) is 8.79. The Morgan fingerprint density at radius 1 is 1.36 bits per heavy atom. The number of carbonyl (C=O) groups is 2. The summed E-state index contributed by atoms with van der Waals surface area (Å²) in [5.74, 6) is -0.119. The molecule has 0 saturated carbocycles. The molecule has 14 heavy (non-hydrogen) atoms. The highest BCUT2D eigenvalue weighted by molar-refractivity contribution is 5.75. The lowest BCUT2D eigenvalue weighted by Gasteiger charge is -2.04. The van der Waals surface area contributed by atoms with Crippen LogP contribution in [-0.4, -0.2) is 36.9 Å². The topological polar surface area (TPSA) is 102 Å². The van der Waals surface area contributed by atoms with Crippen molar-refractivity contribution in [2.75, 3.05) is 19.8 Å². The highest BCUT2D eigenvalue weighted by Crippen LogP contribution is 1.93. The minimum atomic E-state index is -0.848. The van der Waals surface area contributed by atoms with Crippen LogP contribution in [-0.2, 0) is 9.53 Å². The maximum absolute atomic E-state index is 11.0. The number of aliphatic hydroxyl groups is 1. The second-order valence-corrected chi connectivity index (χ2v) is 2.70. The van der Waals surface area contributed by atoms with Crippen LogP contribution in [0.1, 0.15) is 19.3 Å². The van der Waals surface area contributed by atoms with Crippen LogP contribution in [0.5, 0.6) is 0 Å². The van der Waals surface area contributed by atoms with Gasteiger partial charge < -0.3 is 20.9 Å². The van der Waals surface area contributed by atoms with Gasteiger partial charge in [0.25, 0.3) is 0 Å². The Morgan fingerprint density at radius 3 is 2.64 bits per heavy atom. The maximum Gasteiger partial charge on any atom is 0.404 e. The molecule has 0 aromatic heterocycles. The molecule has 0 heterocycles. The third-order valence-corrected chi connectivity index (χ3v) is 1.48. The number of amides is 2. The molecule has 0 fully saturated rings. The van der Waals surface area contributed by atoms with Crippen molar-refractivity contribution < 1.29 is 19.4 Å². The summed E-state index contributed by atoms with van der Waals surface area (Å²) in [6.07, 6.45) is 0.793. The smallest absolute Gasteiger partial charge is 0.404 e. The first kappa shape index (κ1) is 12.7. The van der Waals surface area contributed by atoms with Crippen molar-refractivity contribution in [3.05, 3.63) is 0 Å². The monoisotopic (exact) mass is 204 g/mol. The van der Waals surface area contributed by atoms with Gasteiger partial charge >= 0.3 is 6.09 Å². The highest BCUT2D eigenvalue weighted by Gasteiger charge is 2.00. The third-order valence-electron chi connectivity index (χ3n) is 1.48. The van der Waals surface area contributed by atoms with Crippen molar-refractivity contribution in [2.24, 2.45) is 5.73 Å². The zero-order chi connectivity index (χ0) is 10.8. The van der Waals surface area contributed by atoms with Crippen molar-refractivity contribution >= 4 is 12.0 Å². The van der Waals surface area contributed by atoms with E-state index in [1.54, 1.807) is 0 Å². The molecule has 0 aliphatic carbocycles. The van der Waals surface area contributed by atoms with E-state index in [9.17, 15) is 9.59 Å². The number of hydrogen-bond acceptors (Lipinski definition) is 4. The van der Waals surface area contributed by atoms with Gasteiger partial charge in [-0.05, 0) is 12.8 Å². The van der Waals surface area contributed by atoms with Crippen LogP contribution in [0.15, 0.2) is 0 Å². The highest BCUT2D eigenvalue weighted by atomic mass is 16.5. The first-order valence-electron chi connectivity index (χ1n) is 4.46. The number of carbonyl (C=O) groups excluding carboxylic acids is 2. The van der Waals surface area contributed by atoms with Gasteiger partial charge in [0, 0.05) is 13.0 Å². The molecule has 0 atom stereocenters. The van der Waals surface area contributed by atoms with Gasteiger partial charge in [-0.2, -0.15) is 0 Å². The quantitative estimate of drug-likeness (QED) is 0.480. The van der Waals surface area contributed by atoms with Crippen molar-refractivity contribution in [3.8, 4) is 0 Å². The van der Waals surface area contributed by atoms with Gasteiger partial charge in [-0.15, -0.1) is 0 Å². The Kier molecular flexibility index (Phi) is 7.53. The van der Waals surface area contributed by atoms with Gasteiger partial charge in [-0.3, -0.25) is 4.79 Å². The maximum atomic E-state index is 11.0. The summed E-state index contributed by atoms with van der Waals surface area (Å²) in [6.45, 7) is 0.444. The van der Waals surface area contributed by atoms with Gasteiger partial charge in [-0.1, -0.05) is 0 Å². The van der Waals surface area contributed by atoms with Crippen LogP contribution in [0.2, 0.25) is 0 Å². The lowest BCUT2D eigenvalue weighted by atomic mass is 10.2. The molecule has 2 amide bonds. The Morgan fingerprint density at radius 2 is 2.07 bits per heavy atom. The lowest BCUT2D eigenvalue weighted by molar-refractivity contribution is -0.121. The average molecular weight is 204 g/mol. The number of hydrogen-bond donors (Lipinski definition) is 3. The van der Waals surface area contributed by atoms with Crippen molar-refractivity contribution in [2.45, 2.75) is 19.3 Å². The summed E-state index contributed by atoms with van der Waals surface area (Å²) in [5, 5.41) is 11.0. The van der Waals surface area contributed by atoms with Crippen LogP contribution < -0.4 is 11.1 Å². The van der Waals surface area contributed by atoms with Crippen molar-refractivity contribution in [1.82, 2.24) is 5.32 Å². The van der Waals surface area contributed by atoms with E-state index in [1.165, 1.54) is 0 Å². The minimum Gasteiger partial charge on any atom is -0.448 e. The number of ether oxygens (including phenoxy) is 1. The predicted molar refractivity (Wildman–Crippen MR) is 49.5 cm³/mol. The van der Waals surface area contributed by atoms with Gasteiger partial charge in [0.05, 0.1) is 6.54 Å². The fourth-order valence-corrected chi connectivity index (χ4v) is 0.828. The molecular weight excluding hydrogens is 188 g/mol. The first-order chi connectivity index (χ1) is 6.66. The molecule has 0 unspecified atom stereocenters. The number of rotatable bonds is 7. The number of aliphatic hydroxyl groups excluding tert-OH is 1. The van der Waals surface area contributed by atoms with Crippen LogP contribution in [0.3, 0.4) is 0 Å². The number of nitrogens with two attached hydrogens (primary N) is 1. The van der Waals surface area contributed by atoms with Crippen LogP contribution in [0, 0.1) is 0 Å². The molecule has 0 aliphatic rings. The SMILES string of the molecule is NC(=O)OCCNC(=O)CCCCO. The molecule has 0 spiro atoms. The Balaban J connectivity index is 3.22. The van der Waals surface area contributed by atoms with E-state index in [-0.39, 0.29) is 25.7 Å². The minimum absolute atomic E-state index is 0.0844. The molecular formula is C8H16N2O4. The van der Waals surface area contributed by atoms with E-state index in [0.29, 0.717) is 19.3 Å². The molecule has 0 rings (SSSR count). The molecule has 82 valence electrons. The largest absolute Gasteiger partial charge is 0.448 e. The molecule has 0 radical (unpaired) electrons. The van der Waals surface area contributed by atoms with E-state index in [0.717, 1.165) is 0 Å². The summed E-state index contributed by atoms with van der Waals surface area (Å²) in [6, 6.07) is 0. The standard InChI is InChI=1S/C8H16N2O4/c9-8(13)14-6-4-10-7(12)3-1-2-5-11/h11H,1-6H2,(H2,9,13)(H,10,12). The van der Waals surface area contributed by atoms with E-state index in [1.807, 2.05) is 0 Å². The van der Waals surface area contributed by atoms with Gasteiger partial charge in [-0.25, -0.2) is 4.79 Å². The fourth-order valence-electron chi connectivity index (χ4n) is 0.828. The van der Waals surface area contributed by atoms with Crippen molar-refractivity contribution in [1.29, 1.82) is 0 Å². The van der Waals surface area contributed by atoms with Gasteiger partial charge in [0.15, 0.2) is 0 Å². The average Bonchev–Trinajstić information content (AvgIpc) is 2.13. The number of primary amides is 1. The first-order valence-corrected chi connectivity index (χ1v) is 4.46. The molecule has 4 N–H and O–H groups in total. The summed E-state index contributed by atoms with van der Waals surface area (Å²) in [4.78, 5) is 21.1. The Bertz CT molecular complexity index is 184. The normalized spacial score (nSPS) is 9.50. The number of nitrogens with one attached hydrogen (secondary N) is 1. The van der Waals surface area contributed by atoms with Crippen LogP contribution in [0.4, 0.5) is 4.79 Å². The summed E-state index contributed by atoms with van der Waals surface area (Å²) >= 11 is 0. The summed E-state index contributed by atoms with van der Waals surface area (Å²) in [7, 11) is 0. The van der Waals surface area contributed by atoms with E-state index in [4.69, 9.17) is 10.8 Å². The van der Waals surface area contributed by atoms with Crippen LogP contribution in [0.25, 0.3) is 0 Å². The van der Waals surface area contributed by atoms with Crippen LogP contribution >= 0.6 is 0 Å². The second-order valence-electron chi connectivity index (χ2n) is 2.70. The second kappa shape index (κ2) is 8.31. The van der Waals surface area contributed by atoms with Gasteiger partial charge in [0.1, 0.15) is 6.61 Å². The zero-order valence-electron chi connectivity index (χ0n) is 7.99. The lowest BCUT2D eigenvalue weighted by Crippen LogP contribution is -2.28. The summed E-state index contributed by atoms with van der Waals surface area (Å²) in [5.41, 5.74) is 4.71. The van der Waals surface area contributed by atoms with E-state index >= 15 is 0 Å². The predicted octanol–water partition coefficient (Wildman–Crippen LogP) is -0.640. The molecule has 6 heteroatoms. The Labute approximate surface area is 82.4 Å². The Hall–Kier alpha value is -1.30. The van der Waals surface area contributed by atoms with E-state index in [2.05, 4.69) is 10.1 Å². The van der Waals surface area contributed by atoms with Crippen molar-refractivity contribution in [3.63, 3.8) is 0 Å². The zero-order valence-corrected chi connectivity index (χ0v) is 7.99. The molecule has 0 aromatic carbocycles. The fraction of sp³-hybridized carbons (Fsp3) is 0.750. The molecule has 0 aromatic rings. The molecule has 6 nitrogen and oxygen atoms in total. The molecule has 0 saturated heterocycles.